The van der Waals surface area contributed by atoms with Gasteiger partial charge >= 0.3 is 0 Å². The van der Waals surface area contributed by atoms with E-state index in [2.05, 4.69) is 15.5 Å². The van der Waals surface area contributed by atoms with Crippen molar-refractivity contribution >= 4 is 17.2 Å². The average Bonchev–Trinajstić information content (AvgIpc) is 3.25. The van der Waals surface area contributed by atoms with Crippen molar-refractivity contribution in [1.82, 2.24) is 15.5 Å². The molecule has 1 saturated carbocycles. The molecule has 1 amide bonds. The fourth-order valence-corrected chi connectivity index (χ4v) is 3.52. The summed E-state index contributed by atoms with van der Waals surface area (Å²) in [5.41, 5.74) is 5.73. The van der Waals surface area contributed by atoms with Gasteiger partial charge in [-0.05, 0) is 36.8 Å². The Hall–Kier alpha value is -1.73. The number of hydrogen-bond donors (Lipinski definition) is 2. The van der Waals surface area contributed by atoms with Gasteiger partial charge in [0, 0.05) is 18.9 Å². The van der Waals surface area contributed by atoms with Gasteiger partial charge in [-0.1, -0.05) is 17.6 Å². The Kier molecular flexibility index (Phi) is 4.84. The van der Waals surface area contributed by atoms with Crippen molar-refractivity contribution in [3.8, 4) is 10.7 Å². The number of nitrogens with one attached hydrogen (secondary N) is 1. The molecule has 22 heavy (non-hydrogen) atoms. The predicted molar refractivity (Wildman–Crippen MR) is 84.3 cm³/mol. The molecule has 6 nitrogen and oxygen atoms in total. The summed E-state index contributed by atoms with van der Waals surface area (Å²) in [6.45, 7) is 0.638. The molecular formula is C15H20N4O2S. The maximum atomic E-state index is 12.0. The number of thiophene rings is 1. The molecule has 118 valence electrons. The average molecular weight is 320 g/mol. The normalized spacial score (nSPS) is 21.1. The lowest BCUT2D eigenvalue weighted by molar-refractivity contribution is -0.122. The first-order chi connectivity index (χ1) is 10.8. The smallest absolute Gasteiger partial charge is 0.227 e. The number of rotatable bonds is 6. The lowest BCUT2D eigenvalue weighted by atomic mass is 10.0. The van der Waals surface area contributed by atoms with Crippen molar-refractivity contribution in [3.63, 3.8) is 0 Å². The van der Waals surface area contributed by atoms with Gasteiger partial charge in [-0.3, -0.25) is 4.79 Å². The number of carbonyl (C=O) groups excluding carboxylic acids is 1. The number of aryl methyl sites for hydroxylation is 1. The first-order valence-corrected chi connectivity index (χ1v) is 8.50. The molecule has 2 atom stereocenters. The molecule has 2 unspecified atom stereocenters. The van der Waals surface area contributed by atoms with E-state index in [4.69, 9.17) is 10.3 Å². The Morgan fingerprint density at radius 1 is 1.50 bits per heavy atom. The Labute approximate surface area is 133 Å². The summed E-state index contributed by atoms with van der Waals surface area (Å²) >= 11 is 1.56. The van der Waals surface area contributed by atoms with Crippen molar-refractivity contribution in [2.75, 3.05) is 6.54 Å². The lowest BCUT2D eigenvalue weighted by Gasteiger charge is -2.19. The number of aromatic nitrogens is 2. The quantitative estimate of drug-likeness (QED) is 0.848. The number of hydrogen-bond acceptors (Lipinski definition) is 6. The summed E-state index contributed by atoms with van der Waals surface area (Å²) in [7, 11) is 0. The van der Waals surface area contributed by atoms with Gasteiger partial charge in [0.15, 0.2) is 0 Å². The number of nitrogens with zero attached hydrogens (tertiary/aromatic N) is 2. The van der Waals surface area contributed by atoms with E-state index in [9.17, 15) is 4.79 Å². The Morgan fingerprint density at radius 2 is 2.41 bits per heavy atom. The molecule has 0 bridgehead atoms. The Balaban J connectivity index is 1.49. The second-order valence-corrected chi connectivity index (χ2v) is 6.54. The highest BCUT2D eigenvalue weighted by Gasteiger charge is 2.27. The number of carbonyl (C=O) groups is 1. The number of amides is 1. The highest BCUT2D eigenvalue weighted by atomic mass is 32.1. The van der Waals surface area contributed by atoms with Crippen LogP contribution in [-0.2, 0) is 11.2 Å². The molecule has 0 spiro atoms. The van der Waals surface area contributed by atoms with Crippen molar-refractivity contribution < 1.29 is 9.32 Å². The minimum atomic E-state index is 0.0289. The van der Waals surface area contributed by atoms with Gasteiger partial charge in [0.25, 0.3) is 0 Å². The van der Waals surface area contributed by atoms with E-state index >= 15 is 0 Å². The monoisotopic (exact) mass is 320 g/mol. The van der Waals surface area contributed by atoms with Gasteiger partial charge in [-0.25, -0.2) is 0 Å². The van der Waals surface area contributed by atoms with Gasteiger partial charge in [0.1, 0.15) is 0 Å². The fourth-order valence-electron chi connectivity index (χ4n) is 2.87. The van der Waals surface area contributed by atoms with Gasteiger partial charge in [-0.2, -0.15) is 4.98 Å². The molecule has 0 aliphatic heterocycles. The van der Waals surface area contributed by atoms with E-state index in [0.29, 0.717) is 37.0 Å². The van der Waals surface area contributed by atoms with Crippen LogP contribution in [0.15, 0.2) is 22.0 Å². The molecule has 3 rings (SSSR count). The van der Waals surface area contributed by atoms with Crippen molar-refractivity contribution in [1.29, 1.82) is 0 Å². The van der Waals surface area contributed by atoms with Crippen LogP contribution in [0.4, 0.5) is 0 Å². The molecule has 2 aromatic rings. The summed E-state index contributed by atoms with van der Waals surface area (Å²) in [6, 6.07) is 4.11. The summed E-state index contributed by atoms with van der Waals surface area (Å²) in [6.07, 6.45) is 4.09. The summed E-state index contributed by atoms with van der Waals surface area (Å²) < 4.78 is 5.20. The van der Waals surface area contributed by atoms with Crippen LogP contribution in [0, 0.1) is 5.92 Å². The predicted octanol–water partition coefficient (Wildman–Crippen LogP) is 1.97. The SMILES string of the molecule is NCC1CCCC1NC(=O)CCc1nc(-c2cccs2)no1. The fraction of sp³-hybridized carbons (Fsp3) is 0.533. The Bertz CT molecular complexity index is 611. The summed E-state index contributed by atoms with van der Waals surface area (Å²) in [5.74, 6) is 1.53. The van der Waals surface area contributed by atoms with Crippen molar-refractivity contribution in [2.24, 2.45) is 11.7 Å². The summed E-state index contributed by atoms with van der Waals surface area (Å²) in [4.78, 5) is 17.3. The highest BCUT2D eigenvalue weighted by Crippen LogP contribution is 2.25. The molecule has 0 saturated heterocycles. The van der Waals surface area contributed by atoms with E-state index in [1.807, 2.05) is 17.5 Å². The zero-order valence-electron chi connectivity index (χ0n) is 12.3. The summed E-state index contributed by atoms with van der Waals surface area (Å²) in [5, 5.41) is 8.99. The van der Waals surface area contributed by atoms with Crippen LogP contribution in [0.2, 0.25) is 0 Å². The molecule has 1 fully saturated rings. The molecular weight excluding hydrogens is 300 g/mol. The maximum absolute atomic E-state index is 12.0. The molecule has 0 radical (unpaired) electrons. The minimum absolute atomic E-state index is 0.0289. The van der Waals surface area contributed by atoms with Crippen LogP contribution >= 0.6 is 11.3 Å². The molecule has 1 aliphatic rings. The second-order valence-electron chi connectivity index (χ2n) is 5.59. The highest BCUT2D eigenvalue weighted by molar-refractivity contribution is 7.13. The Morgan fingerprint density at radius 3 is 3.18 bits per heavy atom. The van der Waals surface area contributed by atoms with Gasteiger partial charge in [0.2, 0.25) is 17.6 Å². The lowest BCUT2D eigenvalue weighted by Crippen LogP contribution is -2.39. The zero-order chi connectivity index (χ0) is 15.4. The maximum Gasteiger partial charge on any atom is 0.227 e. The molecule has 2 aromatic heterocycles. The molecule has 7 heteroatoms. The third-order valence-corrected chi connectivity index (χ3v) is 4.95. The van der Waals surface area contributed by atoms with Gasteiger partial charge in [0.05, 0.1) is 4.88 Å². The zero-order valence-corrected chi connectivity index (χ0v) is 13.1. The van der Waals surface area contributed by atoms with Crippen LogP contribution < -0.4 is 11.1 Å². The first-order valence-electron chi connectivity index (χ1n) is 7.62. The van der Waals surface area contributed by atoms with E-state index in [-0.39, 0.29) is 11.9 Å². The molecule has 2 heterocycles. The molecule has 3 N–H and O–H groups in total. The third-order valence-electron chi connectivity index (χ3n) is 4.08. The van der Waals surface area contributed by atoms with Crippen LogP contribution in [0.5, 0.6) is 0 Å². The van der Waals surface area contributed by atoms with Crippen LogP contribution in [-0.4, -0.2) is 28.6 Å². The van der Waals surface area contributed by atoms with E-state index in [1.165, 1.54) is 0 Å². The van der Waals surface area contributed by atoms with E-state index < -0.39 is 0 Å². The first kappa shape index (κ1) is 15.2. The van der Waals surface area contributed by atoms with Crippen LogP contribution in [0.25, 0.3) is 10.7 Å². The van der Waals surface area contributed by atoms with Gasteiger partial charge in [-0.15, -0.1) is 11.3 Å². The van der Waals surface area contributed by atoms with E-state index in [0.717, 1.165) is 24.1 Å². The van der Waals surface area contributed by atoms with Crippen molar-refractivity contribution in [2.45, 2.75) is 38.1 Å². The number of nitrogens with two attached hydrogens (primary N) is 1. The van der Waals surface area contributed by atoms with Crippen LogP contribution in [0.1, 0.15) is 31.6 Å². The molecule has 1 aliphatic carbocycles. The van der Waals surface area contributed by atoms with E-state index in [1.54, 1.807) is 11.3 Å². The second kappa shape index (κ2) is 7.02. The molecule has 0 aromatic carbocycles. The topological polar surface area (TPSA) is 94.0 Å². The van der Waals surface area contributed by atoms with Gasteiger partial charge < -0.3 is 15.6 Å². The standard InChI is InChI=1S/C15H20N4O2S/c16-9-10-3-1-4-11(10)17-13(20)6-7-14-18-15(19-21-14)12-5-2-8-22-12/h2,5,8,10-11H,1,3-4,6-7,9,16H2,(H,17,20). The third kappa shape index (κ3) is 3.53. The van der Waals surface area contributed by atoms with Crippen LogP contribution in [0.3, 0.4) is 0 Å². The van der Waals surface area contributed by atoms with Crippen molar-refractivity contribution in [3.05, 3.63) is 23.4 Å². The minimum Gasteiger partial charge on any atom is -0.353 e. The largest absolute Gasteiger partial charge is 0.353 e.